The third-order valence-electron chi connectivity index (χ3n) is 19.0. The molecule has 0 heterocycles. The Kier molecular flexibility index (Phi) is 72.5. The van der Waals surface area contributed by atoms with E-state index in [0.717, 1.165) is 109 Å². The highest BCUT2D eigenvalue weighted by Gasteiger charge is 2.30. The summed E-state index contributed by atoms with van der Waals surface area (Å²) >= 11 is 0. The largest absolute Gasteiger partial charge is 0.472 e. The SMILES string of the molecule is CCCCCCCCCCCCCCCCCCCCCCCCC(=O)O[C@H](COC(=O)CCCCCCCCCCCCCCCCCCC(C)C)COP(=O)(O)OC[C@@H](O)COP(=O)(O)OC[C@@H](COC(=O)CCCCCCCCC)OC(=O)CCCCCCCCCCCCCC. The van der Waals surface area contributed by atoms with Crippen LogP contribution in [0.25, 0.3) is 0 Å². The molecule has 0 aromatic heterocycles. The van der Waals surface area contributed by atoms with Crippen molar-refractivity contribution in [2.45, 2.75) is 451 Å². The lowest BCUT2D eigenvalue weighted by atomic mass is 10.0. The van der Waals surface area contributed by atoms with Crippen LogP contribution >= 0.6 is 15.6 Å². The van der Waals surface area contributed by atoms with Crippen LogP contribution in [0.2, 0.25) is 0 Å². The maximum Gasteiger partial charge on any atom is 0.472 e. The van der Waals surface area contributed by atoms with Crippen LogP contribution in [0.1, 0.15) is 433 Å². The third-order valence-corrected chi connectivity index (χ3v) is 20.9. The zero-order valence-electron chi connectivity index (χ0n) is 65.3. The first-order chi connectivity index (χ1) is 48.5. The summed E-state index contributed by atoms with van der Waals surface area (Å²) in [5.41, 5.74) is 0. The molecule has 0 amide bonds. The van der Waals surface area contributed by atoms with E-state index in [1.54, 1.807) is 0 Å². The Labute approximate surface area is 613 Å². The van der Waals surface area contributed by atoms with Gasteiger partial charge in [-0.2, -0.15) is 0 Å². The number of aliphatic hydroxyl groups excluding tert-OH is 1. The minimum absolute atomic E-state index is 0.107. The molecular weight excluding hydrogens is 1310 g/mol. The number of aliphatic hydroxyl groups is 1. The van der Waals surface area contributed by atoms with Crippen molar-refractivity contribution in [3.63, 3.8) is 0 Å². The molecule has 0 aliphatic rings. The second-order valence-corrected chi connectivity index (χ2v) is 32.5. The average molecular weight is 1470 g/mol. The van der Waals surface area contributed by atoms with E-state index in [-0.39, 0.29) is 25.7 Å². The molecule has 19 heteroatoms. The Morgan fingerprint density at radius 1 is 0.270 bits per heavy atom. The highest BCUT2D eigenvalue weighted by Crippen LogP contribution is 2.45. The number of phosphoric acid groups is 2. The zero-order valence-corrected chi connectivity index (χ0v) is 67.1. The van der Waals surface area contributed by atoms with Gasteiger partial charge in [-0.1, -0.05) is 381 Å². The number of rotatable bonds is 81. The third kappa shape index (κ3) is 74.3. The molecule has 3 N–H and O–H groups in total. The second-order valence-electron chi connectivity index (χ2n) is 29.6. The summed E-state index contributed by atoms with van der Waals surface area (Å²) in [5, 5.41) is 10.6. The van der Waals surface area contributed by atoms with Crippen LogP contribution in [-0.4, -0.2) is 96.7 Å². The summed E-state index contributed by atoms with van der Waals surface area (Å²) in [4.78, 5) is 72.8. The van der Waals surface area contributed by atoms with E-state index in [0.29, 0.717) is 25.7 Å². The van der Waals surface area contributed by atoms with Gasteiger partial charge in [0.25, 0.3) is 0 Å². The van der Waals surface area contributed by atoms with Gasteiger partial charge in [0, 0.05) is 25.7 Å². The van der Waals surface area contributed by atoms with Gasteiger partial charge in [0.1, 0.15) is 19.3 Å². The number of carbonyl (C=O) groups excluding carboxylic acids is 4. The number of hydrogen-bond donors (Lipinski definition) is 3. The molecule has 0 saturated heterocycles. The first kappa shape index (κ1) is 98.1. The molecule has 0 spiro atoms. The quantitative estimate of drug-likeness (QED) is 0.0222. The smallest absolute Gasteiger partial charge is 0.462 e. The van der Waals surface area contributed by atoms with E-state index in [1.165, 1.54) is 244 Å². The van der Waals surface area contributed by atoms with Gasteiger partial charge in [0.05, 0.1) is 26.4 Å². The van der Waals surface area contributed by atoms with Crippen molar-refractivity contribution < 1.29 is 80.2 Å². The molecule has 100 heavy (non-hydrogen) atoms. The first-order valence-electron chi connectivity index (χ1n) is 42.1. The predicted molar refractivity (Wildman–Crippen MR) is 409 cm³/mol. The standard InChI is InChI=1S/C81H158O17P2/c1-6-9-12-15-18-20-22-24-25-26-27-28-29-30-31-36-39-43-47-52-57-62-67-81(86)98-77(71-92-79(84)65-60-55-50-45-42-38-35-33-32-34-37-40-44-49-53-58-63-74(4)5)73-96-100(89,90)94-69-75(82)68-93-99(87,88)95-72-76(70-91-78(83)64-59-54-48-17-14-11-8-3)97-80(85)66-61-56-51-46-41-23-21-19-16-13-10-7-2/h74-77,82H,6-73H2,1-5H3,(H,87,88)(H,89,90)/t75-,76+,77+/m0/s1. The van der Waals surface area contributed by atoms with Gasteiger partial charge in [0.15, 0.2) is 12.2 Å². The molecule has 0 saturated carbocycles. The number of ether oxygens (including phenoxy) is 4. The normalized spacial score (nSPS) is 13.8. The lowest BCUT2D eigenvalue weighted by Crippen LogP contribution is -2.30. The summed E-state index contributed by atoms with van der Waals surface area (Å²) < 4.78 is 68.6. The molecule has 2 unspecified atom stereocenters. The van der Waals surface area contributed by atoms with E-state index in [1.807, 2.05) is 0 Å². The zero-order chi connectivity index (χ0) is 73.4. The van der Waals surface area contributed by atoms with Crippen molar-refractivity contribution in [1.29, 1.82) is 0 Å². The van der Waals surface area contributed by atoms with E-state index in [2.05, 4.69) is 34.6 Å². The minimum Gasteiger partial charge on any atom is -0.462 e. The van der Waals surface area contributed by atoms with Crippen molar-refractivity contribution in [3.05, 3.63) is 0 Å². The molecule has 0 radical (unpaired) electrons. The molecule has 0 rings (SSSR count). The molecule has 0 bridgehead atoms. The van der Waals surface area contributed by atoms with Gasteiger partial charge in [-0.15, -0.1) is 0 Å². The molecule has 0 aliphatic carbocycles. The summed E-state index contributed by atoms with van der Waals surface area (Å²) in [5.74, 6) is -1.30. The van der Waals surface area contributed by atoms with Gasteiger partial charge >= 0.3 is 39.5 Å². The summed E-state index contributed by atoms with van der Waals surface area (Å²) in [6.45, 7) is 7.31. The second kappa shape index (κ2) is 73.9. The van der Waals surface area contributed by atoms with Crippen LogP contribution in [0.3, 0.4) is 0 Å². The van der Waals surface area contributed by atoms with Gasteiger partial charge in [-0.25, -0.2) is 9.13 Å². The topological polar surface area (TPSA) is 237 Å². The highest BCUT2D eigenvalue weighted by molar-refractivity contribution is 7.47. The minimum atomic E-state index is -4.96. The molecule has 0 aromatic rings. The molecule has 0 aliphatic heterocycles. The van der Waals surface area contributed by atoms with E-state index in [9.17, 15) is 43.2 Å². The fourth-order valence-electron chi connectivity index (χ4n) is 12.6. The Morgan fingerprint density at radius 2 is 0.460 bits per heavy atom. The van der Waals surface area contributed by atoms with Crippen molar-refractivity contribution in [2.75, 3.05) is 39.6 Å². The van der Waals surface area contributed by atoms with Crippen molar-refractivity contribution >= 4 is 39.5 Å². The monoisotopic (exact) mass is 1470 g/mol. The fraction of sp³-hybridized carbons (Fsp3) is 0.951. The molecule has 5 atom stereocenters. The molecule has 0 fully saturated rings. The van der Waals surface area contributed by atoms with Crippen molar-refractivity contribution in [2.24, 2.45) is 5.92 Å². The van der Waals surface area contributed by atoms with Gasteiger partial charge in [-0.05, 0) is 31.6 Å². The predicted octanol–water partition coefficient (Wildman–Crippen LogP) is 24.4. The van der Waals surface area contributed by atoms with Crippen LogP contribution in [0.5, 0.6) is 0 Å². The van der Waals surface area contributed by atoms with Crippen LogP contribution in [0, 0.1) is 5.92 Å². The summed E-state index contributed by atoms with van der Waals surface area (Å²) in [6, 6.07) is 0. The Balaban J connectivity index is 5.15. The average Bonchev–Trinajstić information content (AvgIpc) is 0.928. The Bertz CT molecular complexity index is 1910. The molecule has 17 nitrogen and oxygen atoms in total. The van der Waals surface area contributed by atoms with Gasteiger partial charge in [0.2, 0.25) is 0 Å². The lowest BCUT2D eigenvalue weighted by Gasteiger charge is -2.21. The molecule has 0 aromatic carbocycles. The summed E-state index contributed by atoms with van der Waals surface area (Å²) in [7, 11) is -9.91. The van der Waals surface area contributed by atoms with E-state index in [4.69, 9.17) is 37.0 Å². The van der Waals surface area contributed by atoms with E-state index >= 15 is 0 Å². The van der Waals surface area contributed by atoms with Gasteiger partial charge < -0.3 is 33.8 Å². The Morgan fingerprint density at radius 3 is 0.680 bits per heavy atom. The first-order valence-corrected chi connectivity index (χ1v) is 45.1. The number of hydrogen-bond acceptors (Lipinski definition) is 15. The Hall–Kier alpha value is -1.94. The van der Waals surface area contributed by atoms with Gasteiger partial charge in [-0.3, -0.25) is 37.3 Å². The number of carbonyl (C=O) groups is 4. The van der Waals surface area contributed by atoms with Crippen LogP contribution < -0.4 is 0 Å². The molecule has 594 valence electrons. The van der Waals surface area contributed by atoms with Crippen LogP contribution in [0.15, 0.2) is 0 Å². The van der Waals surface area contributed by atoms with Crippen molar-refractivity contribution in [3.8, 4) is 0 Å². The molecular formula is C81H158O17P2. The summed E-state index contributed by atoms with van der Waals surface area (Å²) in [6.07, 6.45) is 65.5. The maximum atomic E-state index is 13.1. The number of phosphoric ester groups is 2. The van der Waals surface area contributed by atoms with E-state index < -0.39 is 97.5 Å². The lowest BCUT2D eigenvalue weighted by molar-refractivity contribution is -0.161. The number of unbranched alkanes of at least 4 members (excludes halogenated alkanes) is 53. The highest BCUT2D eigenvalue weighted by atomic mass is 31.2. The van der Waals surface area contributed by atoms with Crippen molar-refractivity contribution in [1.82, 2.24) is 0 Å². The maximum absolute atomic E-state index is 13.1. The number of esters is 4. The van der Waals surface area contributed by atoms with Crippen LogP contribution in [-0.2, 0) is 65.4 Å². The fourth-order valence-corrected chi connectivity index (χ4v) is 14.2. The van der Waals surface area contributed by atoms with Crippen LogP contribution in [0.4, 0.5) is 0 Å².